The predicted molar refractivity (Wildman–Crippen MR) is 81.9 cm³/mol. The maximum atomic E-state index is 12.2. The molecule has 1 aromatic carbocycles. The second-order valence-electron chi connectivity index (χ2n) is 3.79. The quantitative estimate of drug-likeness (QED) is 0.483. The maximum Gasteiger partial charge on any atom is 0.269 e. The van der Waals surface area contributed by atoms with E-state index in [1.54, 1.807) is 6.07 Å². The van der Waals surface area contributed by atoms with Gasteiger partial charge in [-0.2, -0.15) is 0 Å². The molecule has 100 valence electrons. The van der Waals surface area contributed by atoms with Crippen LogP contribution in [0.4, 0.5) is 0 Å². The molecule has 0 unspecified atom stereocenters. The average molecular weight is 314 g/mol. The van der Waals surface area contributed by atoms with Crippen molar-refractivity contribution in [3.8, 4) is 0 Å². The number of hydrogen-bond acceptors (Lipinski definition) is 4. The number of ether oxygens (including phenoxy) is 1. The smallest absolute Gasteiger partial charge is 0.269 e. The molecule has 0 spiro atoms. The molecule has 0 aromatic heterocycles. The van der Waals surface area contributed by atoms with Crippen molar-refractivity contribution in [1.29, 1.82) is 0 Å². The van der Waals surface area contributed by atoms with E-state index in [-0.39, 0.29) is 5.91 Å². The highest BCUT2D eigenvalue weighted by Gasteiger charge is 2.32. The average Bonchev–Trinajstić information content (AvgIpc) is 2.66. The summed E-state index contributed by atoms with van der Waals surface area (Å²) in [4.78, 5) is 14.2. The fraction of sp³-hybridized carbons (Fsp3) is 0.231. The lowest BCUT2D eigenvalue weighted by molar-refractivity contribution is -0.122. The molecule has 0 saturated carbocycles. The summed E-state index contributed by atoms with van der Waals surface area (Å²) in [5.41, 5.74) is 0.873. The molecule has 6 heteroatoms. The number of rotatable bonds is 4. The number of thioether (sulfide) groups is 1. The third kappa shape index (κ3) is 3.29. The van der Waals surface area contributed by atoms with Crippen LogP contribution in [0.25, 0.3) is 0 Å². The molecular weight excluding hydrogens is 302 g/mol. The fourth-order valence-corrected chi connectivity index (χ4v) is 2.95. The van der Waals surface area contributed by atoms with E-state index >= 15 is 0 Å². The van der Waals surface area contributed by atoms with Crippen molar-refractivity contribution in [3.63, 3.8) is 0 Å². The standard InChI is InChI=1S/C13H12ClNO2S2/c1-2-17-8-11-12(16)15(13(18)19-11)7-9-5-3-4-6-10(9)14/h3-6,8H,2,7H2,1H3/b11-8-. The van der Waals surface area contributed by atoms with Gasteiger partial charge in [0.05, 0.1) is 13.2 Å². The molecule has 1 heterocycles. The molecule has 0 N–H and O–H groups in total. The Hall–Kier alpha value is -1.04. The number of amides is 1. The Morgan fingerprint density at radius 1 is 1.47 bits per heavy atom. The van der Waals surface area contributed by atoms with Crippen molar-refractivity contribution in [1.82, 2.24) is 4.90 Å². The maximum absolute atomic E-state index is 12.2. The van der Waals surface area contributed by atoms with Crippen LogP contribution >= 0.6 is 35.6 Å². The van der Waals surface area contributed by atoms with Gasteiger partial charge < -0.3 is 4.74 Å². The summed E-state index contributed by atoms with van der Waals surface area (Å²) < 4.78 is 5.67. The highest BCUT2D eigenvalue weighted by atomic mass is 35.5. The minimum absolute atomic E-state index is 0.136. The molecule has 1 fully saturated rings. The Bertz CT molecular complexity index is 545. The number of hydrogen-bond donors (Lipinski definition) is 0. The second kappa shape index (κ2) is 6.41. The van der Waals surface area contributed by atoms with E-state index in [1.807, 2.05) is 25.1 Å². The van der Waals surface area contributed by atoms with Gasteiger partial charge in [-0.1, -0.05) is 53.8 Å². The first-order valence-electron chi connectivity index (χ1n) is 5.72. The predicted octanol–water partition coefficient (Wildman–Crippen LogP) is 3.58. The summed E-state index contributed by atoms with van der Waals surface area (Å²) in [5, 5.41) is 0.630. The summed E-state index contributed by atoms with van der Waals surface area (Å²) in [7, 11) is 0. The number of nitrogens with zero attached hydrogens (tertiary/aromatic N) is 1. The second-order valence-corrected chi connectivity index (χ2v) is 5.87. The van der Waals surface area contributed by atoms with E-state index in [0.29, 0.717) is 27.4 Å². The van der Waals surface area contributed by atoms with Crippen molar-refractivity contribution >= 4 is 45.8 Å². The van der Waals surface area contributed by atoms with E-state index in [2.05, 4.69) is 0 Å². The highest BCUT2D eigenvalue weighted by Crippen LogP contribution is 2.32. The fourth-order valence-electron chi connectivity index (χ4n) is 1.58. The van der Waals surface area contributed by atoms with Gasteiger partial charge in [0.25, 0.3) is 5.91 Å². The van der Waals surface area contributed by atoms with Crippen LogP contribution in [0.15, 0.2) is 35.4 Å². The van der Waals surface area contributed by atoms with Crippen molar-refractivity contribution in [2.45, 2.75) is 13.5 Å². The lowest BCUT2D eigenvalue weighted by Gasteiger charge is -2.15. The molecule has 0 bridgehead atoms. The third-order valence-electron chi connectivity index (χ3n) is 2.52. The molecule has 1 amide bonds. The Morgan fingerprint density at radius 3 is 2.89 bits per heavy atom. The summed E-state index contributed by atoms with van der Waals surface area (Å²) in [6.07, 6.45) is 1.46. The van der Waals surface area contributed by atoms with Gasteiger partial charge in [0, 0.05) is 5.02 Å². The first kappa shape index (κ1) is 14.4. The summed E-state index contributed by atoms with van der Waals surface area (Å²) in [5.74, 6) is -0.136. The molecular formula is C13H12ClNO2S2. The highest BCUT2D eigenvalue weighted by molar-refractivity contribution is 8.26. The summed E-state index contributed by atoms with van der Waals surface area (Å²) in [6, 6.07) is 7.41. The van der Waals surface area contributed by atoms with Gasteiger partial charge in [-0.3, -0.25) is 9.69 Å². The normalized spacial score (nSPS) is 17.4. The molecule has 2 rings (SSSR count). The van der Waals surface area contributed by atoms with Gasteiger partial charge in [0.2, 0.25) is 0 Å². The number of carbonyl (C=O) groups is 1. The topological polar surface area (TPSA) is 29.5 Å². The molecule has 1 aliphatic heterocycles. The number of carbonyl (C=O) groups excluding carboxylic acids is 1. The number of benzene rings is 1. The van der Waals surface area contributed by atoms with Crippen LogP contribution < -0.4 is 0 Å². The van der Waals surface area contributed by atoms with Crippen LogP contribution in [0.1, 0.15) is 12.5 Å². The van der Waals surface area contributed by atoms with E-state index in [1.165, 1.54) is 22.9 Å². The van der Waals surface area contributed by atoms with Crippen molar-refractivity contribution in [3.05, 3.63) is 46.0 Å². The van der Waals surface area contributed by atoms with Gasteiger partial charge in [-0.25, -0.2) is 0 Å². The molecule has 0 radical (unpaired) electrons. The van der Waals surface area contributed by atoms with Crippen LogP contribution in [-0.4, -0.2) is 21.7 Å². The summed E-state index contributed by atoms with van der Waals surface area (Å²) >= 11 is 12.6. The Balaban J connectivity index is 2.16. The van der Waals surface area contributed by atoms with Crippen molar-refractivity contribution in [2.75, 3.05) is 6.61 Å². The summed E-state index contributed by atoms with van der Waals surface area (Å²) in [6.45, 7) is 2.77. The van der Waals surface area contributed by atoms with E-state index in [9.17, 15) is 4.79 Å². The zero-order chi connectivity index (χ0) is 13.8. The lowest BCUT2D eigenvalue weighted by Crippen LogP contribution is -2.27. The monoisotopic (exact) mass is 313 g/mol. The van der Waals surface area contributed by atoms with E-state index < -0.39 is 0 Å². The minimum atomic E-state index is -0.136. The van der Waals surface area contributed by atoms with Crippen molar-refractivity contribution < 1.29 is 9.53 Å². The van der Waals surface area contributed by atoms with Crippen LogP contribution in [0.2, 0.25) is 5.02 Å². The first-order valence-corrected chi connectivity index (χ1v) is 7.32. The van der Waals surface area contributed by atoms with Crippen LogP contribution in [0.3, 0.4) is 0 Å². The first-order chi connectivity index (χ1) is 9.13. The zero-order valence-electron chi connectivity index (χ0n) is 10.3. The van der Waals surface area contributed by atoms with Gasteiger partial charge in [-0.05, 0) is 18.6 Å². The molecule has 0 atom stereocenters. The van der Waals surface area contributed by atoms with Gasteiger partial charge in [0.15, 0.2) is 0 Å². The zero-order valence-corrected chi connectivity index (χ0v) is 12.6. The third-order valence-corrected chi connectivity index (χ3v) is 4.24. The molecule has 0 aliphatic carbocycles. The van der Waals surface area contributed by atoms with Crippen LogP contribution in [0.5, 0.6) is 0 Å². The lowest BCUT2D eigenvalue weighted by atomic mass is 10.2. The SMILES string of the molecule is CCO/C=C1\SC(=S)N(Cc2ccccc2Cl)C1=O. The van der Waals surface area contributed by atoms with Crippen LogP contribution in [-0.2, 0) is 16.1 Å². The molecule has 19 heavy (non-hydrogen) atoms. The van der Waals surface area contributed by atoms with E-state index in [0.717, 1.165) is 5.56 Å². The molecule has 1 aromatic rings. The van der Waals surface area contributed by atoms with Crippen LogP contribution in [0, 0.1) is 0 Å². The van der Waals surface area contributed by atoms with Gasteiger partial charge in [-0.15, -0.1) is 0 Å². The minimum Gasteiger partial charge on any atom is -0.500 e. The molecule has 1 saturated heterocycles. The molecule has 1 aliphatic rings. The van der Waals surface area contributed by atoms with Gasteiger partial charge in [0.1, 0.15) is 15.5 Å². The number of thiocarbonyl (C=S) groups is 1. The van der Waals surface area contributed by atoms with E-state index in [4.69, 9.17) is 28.6 Å². The Kier molecular flexibility index (Phi) is 4.85. The Labute approximate surface area is 126 Å². The number of halogens is 1. The Morgan fingerprint density at radius 2 is 2.21 bits per heavy atom. The van der Waals surface area contributed by atoms with Crippen molar-refractivity contribution in [2.24, 2.45) is 0 Å². The van der Waals surface area contributed by atoms with Gasteiger partial charge >= 0.3 is 0 Å². The molecule has 3 nitrogen and oxygen atoms in total. The largest absolute Gasteiger partial charge is 0.500 e.